The molecule has 0 aliphatic heterocycles. The molecule has 1 aromatic heterocycles. The largest absolute Gasteiger partial charge is 0.350 e. The quantitative estimate of drug-likeness (QED) is 0.695. The summed E-state index contributed by atoms with van der Waals surface area (Å²) in [5.41, 5.74) is 8.17. The zero-order valence-corrected chi connectivity index (χ0v) is 7.30. The van der Waals surface area contributed by atoms with E-state index in [0.717, 1.165) is 19.5 Å². The van der Waals surface area contributed by atoms with E-state index in [0.29, 0.717) is 0 Å². The molecule has 0 radical (unpaired) electrons. The predicted molar refractivity (Wildman–Crippen MR) is 47.6 cm³/mol. The first kappa shape index (κ1) is 8.34. The van der Waals surface area contributed by atoms with Gasteiger partial charge in [-0.3, -0.25) is 0 Å². The van der Waals surface area contributed by atoms with Gasteiger partial charge in [-0.15, -0.1) is 0 Å². The molecule has 0 unspecified atom stereocenters. The second-order valence-electron chi connectivity index (χ2n) is 2.83. The van der Waals surface area contributed by atoms with Crippen molar-refractivity contribution in [3.63, 3.8) is 0 Å². The maximum absolute atomic E-state index is 5.46. The van der Waals surface area contributed by atoms with Gasteiger partial charge >= 0.3 is 0 Å². The summed E-state index contributed by atoms with van der Waals surface area (Å²) in [6.07, 6.45) is 3.29. The van der Waals surface area contributed by atoms with E-state index in [1.165, 1.54) is 11.3 Å². The molecular formula is C9H16N2. The van der Waals surface area contributed by atoms with Gasteiger partial charge in [0.15, 0.2) is 0 Å². The van der Waals surface area contributed by atoms with E-state index in [4.69, 9.17) is 5.73 Å². The average Bonchev–Trinajstić information content (AvgIpc) is 2.33. The van der Waals surface area contributed by atoms with E-state index in [9.17, 15) is 0 Å². The number of hydrogen-bond donors (Lipinski definition) is 1. The van der Waals surface area contributed by atoms with Crippen LogP contribution in [0.4, 0.5) is 0 Å². The van der Waals surface area contributed by atoms with Crippen molar-refractivity contribution in [2.45, 2.75) is 26.8 Å². The third-order valence-corrected chi connectivity index (χ3v) is 1.95. The van der Waals surface area contributed by atoms with Gasteiger partial charge < -0.3 is 10.3 Å². The highest BCUT2D eigenvalue weighted by Crippen LogP contribution is 2.07. The van der Waals surface area contributed by atoms with E-state index >= 15 is 0 Å². The van der Waals surface area contributed by atoms with Crippen molar-refractivity contribution in [3.05, 3.63) is 23.5 Å². The molecule has 0 saturated heterocycles. The molecule has 0 aromatic carbocycles. The van der Waals surface area contributed by atoms with Crippen LogP contribution in [0.25, 0.3) is 0 Å². The number of rotatable bonds is 3. The Morgan fingerprint density at radius 1 is 1.55 bits per heavy atom. The van der Waals surface area contributed by atoms with Gasteiger partial charge in [-0.25, -0.2) is 0 Å². The van der Waals surface area contributed by atoms with Gasteiger partial charge in [0.25, 0.3) is 0 Å². The van der Waals surface area contributed by atoms with E-state index in [2.05, 4.69) is 30.7 Å². The van der Waals surface area contributed by atoms with Crippen LogP contribution in [0.5, 0.6) is 0 Å². The highest BCUT2D eigenvalue weighted by Gasteiger charge is 1.97. The van der Waals surface area contributed by atoms with Crippen LogP contribution in [0.1, 0.15) is 18.2 Å². The molecule has 0 amide bonds. The van der Waals surface area contributed by atoms with Crippen LogP contribution in [0, 0.1) is 6.92 Å². The van der Waals surface area contributed by atoms with E-state index in [-0.39, 0.29) is 0 Å². The van der Waals surface area contributed by atoms with Crippen molar-refractivity contribution in [2.24, 2.45) is 5.73 Å². The van der Waals surface area contributed by atoms with Gasteiger partial charge in [0, 0.05) is 25.0 Å². The first-order valence-electron chi connectivity index (χ1n) is 4.13. The van der Waals surface area contributed by atoms with Gasteiger partial charge in [0.1, 0.15) is 0 Å². The number of aryl methyl sites for hydroxylation is 2. The fraction of sp³-hybridized carbons (Fsp3) is 0.556. The minimum absolute atomic E-state index is 0.721. The Hall–Kier alpha value is -0.760. The highest BCUT2D eigenvalue weighted by molar-refractivity contribution is 5.17. The van der Waals surface area contributed by atoms with Crippen molar-refractivity contribution in [3.8, 4) is 0 Å². The molecule has 11 heavy (non-hydrogen) atoms. The van der Waals surface area contributed by atoms with Gasteiger partial charge in [-0.1, -0.05) is 6.92 Å². The Morgan fingerprint density at radius 3 is 2.73 bits per heavy atom. The summed E-state index contributed by atoms with van der Waals surface area (Å²) in [5.74, 6) is 0. The normalized spacial score (nSPS) is 10.5. The topological polar surface area (TPSA) is 30.9 Å². The number of aromatic nitrogens is 1. The Labute approximate surface area is 68.0 Å². The molecule has 1 rings (SSSR count). The minimum Gasteiger partial charge on any atom is -0.350 e. The average molecular weight is 152 g/mol. The van der Waals surface area contributed by atoms with Crippen molar-refractivity contribution in [1.82, 2.24) is 4.57 Å². The van der Waals surface area contributed by atoms with Gasteiger partial charge in [0.05, 0.1) is 0 Å². The highest BCUT2D eigenvalue weighted by atomic mass is 15.0. The van der Waals surface area contributed by atoms with Crippen molar-refractivity contribution in [1.29, 1.82) is 0 Å². The molecule has 0 aliphatic carbocycles. The standard InChI is InChI=1S/C9H16N2/c1-3-9-6-8(2)11(7-9)5-4-10/h6-7H,3-5,10H2,1-2H3. The maximum atomic E-state index is 5.46. The summed E-state index contributed by atoms with van der Waals surface area (Å²) in [5, 5.41) is 0. The van der Waals surface area contributed by atoms with Crippen LogP contribution < -0.4 is 5.73 Å². The molecule has 2 nitrogen and oxygen atoms in total. The lowest BCUT2D eigenvalue weighted by atomic mass is 10.2. The molecular weight excluding hydrogens is 136 g/mol. The van der Waals surface area contributed by atoms with Crippen molar-refractivity contribution >= 4 is 0 Å². The van der Waals surface area contributed by atoms with Crippen molar-refractivity contribution < 1.29 is 0 Å². The number of hydrogen-bond acceptors (Lipinski definition) is 1. The van der Waals surface area contributed by atoms with Crippen LogP contribution in [0.3, 0.4) is 0 Å². The second kappa shape index (κ2) is 3.58. The minimum atomic E-state index is 0.721. The Kier molecular flexibility index (Phi) is 2.71. The fourth-order valence-corrected chi connectivity index (χ4v) is 1.26. The molecule has 1 heterocycles. The van der Waals surface area contributed by atoms with Gasteiger partial charge in [0.2, 0.25) is 0 Å². The third-order valence-electron chi connectivity index (χ3n) is 1.95. The summed E-state index contributed by atoms with van der Waals surface area (Å²) in [7, 11) is 0. The molecule has 1 aromatic rings. The van der Waals surface area contributed by atoms with Gasteiger partial charge in [-0.2, -0.15) is 0 Å². The van der Waals surface area contributed by atoms with E-state index < -0.39 is 0 Å². The van der Waals surface area contributed by atoms with Crippen LogP contribution in [-0.2, 0) is 13.0 Å². The first-order valence-corrected chi connectivity index (χ1v) is 4.13. The summed E-state index contributed by atoms with van der Waals surface area (Å²) in [4.78, 5) is 0. The molecule has 0 saturated carbocycles. The summed E-state index contributed by atoms with van der Waals surface area (Å²) < 4.78 is 2.21. The molecule has 0 spiro atoms. The number of nitrogens with zero attached hydrogens (tertiary/aromatic N) is 1. The molecule has 0 bridgehead atoms. The summed E-state index contributed by atoms with van der Waals surface area (Å²) in [6.45, 7) is 5.95. The Balaban J connectivity index is 2.79. The molecule has 2 heteroatoms. The molecule has 2 N–H and O–H groups in total. The first-order chi connectivity index (χ1) is 5.27. The van der Waals surface area contributed by atoms with E-state index in [1.54, 1.807) is 0 Å². The predicted octanol–water partition coefficient (Wildman–Crippen LogP) is 1.32. The fourth-order valence-electron chi connectivity index (χ4n) is 1.26. The molecule has 62 valence electrons. The number of nitrogens with two attached hydrogens (primary N) is 1. The van der Waals surface area contributed by atoms with Crippen LogP contribution in [-0.4, -0.2) is 11.1 Å². The summed E-state index contributed by atoms with van der Waals surface area (Å²) in [6, 6.07) is 2.22. The Bertz CT molecular complexity index is 225. The monoisotopic (exact) mass is 152 g/mol. The van der Waals surface area contributed by atoms with Crippen LogP contribution in [0.2, 0.25) is 0 Å². The second-order valence-corrected chi connectivity index (χ2v) is 2.83. The van der Waals surface area contributed by atoms with Gasteiger partial charge in [-0.05, 0) is 25.0 Å². The van der Waals surface area contributed by atoms with Crippen molar-refractivity contribution in [2.75, 3.05) is 6.54 Å². The molecule has 0 fully saturated rings. The lowest BCUT2D eigenvalue weighted by Crippen LogP contribution is -2.09. The smallest absolute Gasteiger partial charge is 0.0345 e. The maximum Gasteiger partial charge on any atom is 0.0345 e. The van der Waals surface area contributed by atoms with Crippen LogP contribution in [0.15, 0.2) is 12.3 Å². The zero-order valence-electron chi connectivity index (χ0n) is 7.30. The summed E-state index contributed by atoms with van der Waals surface area (Å²) >= 11 is 0. The Morgan fingerprint density at radius 2 is 2.27 bits per heavy atom. The van der Waals surface area contributed by atoms with E-state index in [1.807, 2.05) is 0 Å². The molecule has 0 aliphatic rings. The lowest BCUT2D eigenvalue weighted by molar-refractivity contribution is 0.692. The zero-order chi connectivity index (χ0) is 8.27. The SMILES string of the molecule is CCc1cc(C)n(CCN)c1. The lowest BCUT2D eigenvalue weighted by Gasteiger charge is -2.01. The molecule has 0 atom stereocenters. The third kappa shape index (κ3) is 1.84. The van der Waals surface area contributed by atoms with Crippen LogP contribution >= 0.6 is 0 Å².